The van der Waals surface area contributed by atoms with Gasteiger partial charge in [-0.1, -0.05) is 13.8 Å². The molecule has 21 heavy (non-hydrogen) atoms. The van der Waals surface area contributed by atoms with E-state index in [9.17, 15) is 13.2 Å². The van der Waals surface area contributed by atoms with Crippen LogP contribution in [-0.2, 0) is 25.6 Å². The van der Waals surface area contributed by atoms with Gasteiger partial charge in [0.15, 0.2) is 5.82 Å². The molecule has 0 aliphatic rings. The highest BCUT2D eigenvalue weighted by atomic mass is 19.4. The van der Waals surface area contributed by atoms with Gasteiger partial charge in [-0.3, -0.25) is 0 Å². The van der Waals surface area contributed by atoms with Crippen molar-refractivity contribution in [2.75, 3.05) is 0 Å². The van der Waals surface area contributed by atoms with Gasteiger partial charge in [0.05, 0.1) is 17.0 Å². The van der Waals surface area contributed by atoms with Gasteiger partial charge in [-0.2, -0.15) is 18.3 Å². The number of rotatable bonds is 4. The second kappa shape index (κ2) is 5.85. The Bertz CT molecular complexity index is 614. The molecule has 2 N–H and O–H groups in total. The van der Waals surface area contributed by atoms with E-state index in [0.29, 0.717) is 25.2 Å². The van der Waals surface area contributed by atoms with Gasteiger partial charge >= 0.3 is 6.18 Å². The Hall–Kier alpha value is -1.89. The molecule has 4 nitrogen and oxygen atoms in total. The number of hydrogen-bond donors (Lipinski definition) is 1. The molecule has 0 aromatic carbocycles. The summed E-state index contributed by atoms with van der Waals surface area (Å²) in [4.78, 5) is 3.89. The van der Waals surface area contributed by atoms with Crippen LogP contribution in [0.15, 0.2) is 18.3 Å². The number of aryl methyl sites for hydroxylation is 1. The van der Waals surface area contributed by atoms with Crippen LogP contribution in [-0.4, -0.2) is 14.8 Å². The van der Waals surface area contributed by atoms with Crippen LogP contribution in [0.3, 0.4) is 0 Å². The molecule has 0 saturated carbocycles. The van der Waals surface area contributed by atoms with E-state index in [1.165, 1.54) is 6.07 Å². The standard InChI is InChI=1S/C14H17F3N4/c1-3-11-10(7-18)12(4-2)21(20-11)13-6-5-9(8-19-13)14(15,16)17/h5-6,8H,3-4,7,18H2,1-2H3. The molecule has 0 spiro atoms. The fraction of sp³-hybridized carbons (Fsp3) is 0.429. The predicted octanol–water partition coefficient (Wildman–Crippen LogP) is 2.87. The monoisotopic (exact) mass is 298 g/mol. The van der Waals surface area contributed by atoms with Crippen molar-refractivity contribution < 1.29 is 13.2 Å². The summed E-state index contributed by atoms with van der Waals surface area (Å²) in [7, 11) is 0. The minimum atomic E-state index is -4.39. The van der Waals surface area contributed by atoms with Crippen LogP contribution in [0.2, 0.25) is 0 Å². The van der Waals surface area contributed by atoms with Crippen molar-refractivity contribution in [3.63, 3.8) is 0 Å². The van der Waals surface area contributed by atoms with E-state index in [-0.39, 0.29) is 0 Å². The second-order valence-electron chi connectivity index (χ2n) is 4.60. The molecule has 0 unspecified atom stereocenters. The van der Waals surface area contributed by atoms with Crippen molar-refractivity contribution in [3.05, 3.63) is 40.8 Å². The lowest BCUT2D eigenvalue weighted by Crippen LogP contribution is -2.09. The van der Waals surface area contributed by atoms with E-state index in [2.05, 4.69) is 10.1 Å². The van der Waals surface area contributed by atoms with E-state index in [1.54, 1.807) is 4.68 Å². The van der Waals surface area contributed by atoms with Crippen molar-refractivity contribution in [2.45, 2.75) is 39.4 Å². The van der Waals surface area contributed by atoms with Crippen LogP contribution in [0.1, 0.15) is 36.4 Å². The zero-order valence-corrected chi connectivity index (χ0v) is 11.9. The molecule has 0 aliphatic carbocycles. The molecule has 114 valence electrons. The molecule has 2 heterocycles. The second-order valence-corrected chi connectivity index (χ2v) is 4.60. The molecule has 2 rings (SSSR count). The lowest BCUT2D eigenvalue weighted by atomic mass is 10.1. The van der Waals surface area contributed by atoms with Gasteiger partial charge in [-0.25, -0.2) is 9.67 Å². The topological polar surface area (TPSA) is 56.7 Å². The van der Waals surface area contributed by atoms with Gasteiger partial charge < -0.3 is 5.73 Å². The summed E-state index contributed by atoms with van der Waals surface area (Å²) >= 11 is 0. The van der Waals surface area contributed by atoms with Crippen molar-refractivity contribution in [1.29, 1.82) is 0 Å². The molecule has 0 amide bonds. The first-order valence-electron chi connectivity index (χ1n) is 6.75. The smallest absolute Gasteiger partial charge is 0.326 e. The number of aromatic nitrogens is 3. The highest BCUT2D eigenvalue weighted by molar-refractivity contribution is 5.35. The quantitative estimate of drug-likeness (QED) is 0.944. The van der Waals surface area contributed by atoms with Crippen LogP contribution >= 0.6 is 0 Å². The molecule has 0 atom stereocenters. The first-order valence-corrected chi connectivity index (χ1v) is 6.75. The third-order valence-corrected chi connectivity index (χ3v) is 3.34. The average Bonchev–Trinajstić information content (AvgIpc) is 2.84. The van der Waals surface area contributed by atoms with Gasteiger partial charge in [0.2, 0.25) is 0 Å². The van der Waals surface area contributed by atoms with E-state index < -0.39 is 11.7 Å². The maximum Gasteiger partial charge on any atom is 0.417 e. The first-order chi connectivity index (χ1) is 9.92. The molecule has 0 radical (unpaired) electrons. The summed E-state index contributed by atoms with van der Waals surface area (Å²) in [5.74, 6) is 0.370. The molecule has 0 aliphatic heterocycles. The third-order valence-electron chi connectivity index (χ3n) is 3.34. The molecule has 7 heteroatoms. The Morgan fingerprint density at radius 2 is 1.90 bits per heavy atom. The van der Waals surface area contributed by atoms with Gasteiger partial charge in [0.1, 0.15) is 0 Å². The highest BCUT2D eigenvalue weighted by Gasteiger charge is 2.30. The van der Waals surface area contributed by atoms with E-state index in [4.69, 9.17) is 5.73 Å². The third kappa shape index (κ3) is 2.92. The van der Waals surface area contributed by atoms with E-state index >= 15 is 0 Å². The highest BCUT2D eigenvalue weighted by Crippen LogP contribution is 2.29. The lowest BCUT2D eigenvalue weighted by molar-refractivity contribution is -0.137. The van der Waals surface area contributed by atoms with Crippen molar-refractivity contribution in [3.8, 4) is 5.82 Å². The van der Waals surface area contributed by atoms with Gasteiger partial charge in [0, 0.05) is 18.3 Å². The molecular weight excluding hydrogens is 281 g/mol. The number of hydrogen-bond acceptors (Lipinski definition) is 3. The minimum Gasteiger partial charge on any atom is -0.326 e. The predicted molar refractivity (Wildman–Crippen MR) is 73.0 cm³/mol. The molecule has 2 aromatic rings. The molecule has 0 bridgehead atoms. The summed E-state index contributed by atoms with van der Waals surface area (Å²) in [5, 5.41) is 4.43. The Labute approximate surface area is 120 Å². The van der Waals surface area contributed by atoms with Crippen molar-refractivity contribution >= 4 is 0 Å². The van der Waals surface area contributed by atoms with Crippen LogP contribution in [0.4, 0.5) is 13.2 Å². The van der Waals surface area contributed by atoms with Crippen LogP contribution in [0.5, 0.6) is 0 Å². The fourth-order valence-corrected chi connectivity index (χ4v) is 2.29. The Kier molecular flexibility index (Phi) is 4.32. The van der Waals surface area contributed by atoms with E-state index in [0.717, 1.165) is 29.2 Å². The lowest BCUT2D eigenvalue weighted by Gasteiger charge is -2.09. The average molecular weight is 298 g/mol. The Balaban J connectivity index is 2.49. The zero-order valence-electron chi connectivity index (χ0n) is 11.9. The summed E-state index contributed by atoms with van der Waals surface area (Å²) in [5.41, 5.74) is 7.67. The van der Waals surface area contributed by atoms with Gasteiger partial charge in [-0.05, 0) is 25.0 Å². The van der Waals surface area contributed by atoms with Gasteiger partial charge in [-0.15, -0.1) is 0 Å². The first kappa shape index (κ1) is 15.5. The minimum absolute atomic E-state index is 0.354. The van der Waals surface area contributed by atoms with Crippen LogP contribution in [0.25, 0.3) is 5.82 Å². The summed E-state index contributed by atoms with van der Waals surface area (Å²) < 4.78 is 39.3. The number of halogens is 3. The Morgan fingerprint density at radius 1 is 1.19 bits per heavy atom. The normalized spacial score (nSPS) is 11.9. The number of pyridine rings is 1. The zero-order chi connectivity index (χ0) is 15.6. The number of nitrogens with two attached hydrogens (primary N) is 1. The summed E-state index contributed by atoms with van der Waals surface area (Å²) in [6.45, 7) is 4.27. The number of nitrogens with zero attached hydrogens (tertiary/aromatic N) is 3. The maximum absolute atomic E-state index is 12.6. The van der Waals surface area contributed by atoms with Gasteiger partial charge in [0.25, 0.3) is 0 Å². The molecule has 0 fully saturated rings. The molecule has 2 aromatic heterocycles. The fourth-order valence-electron chi connectivity index (χ4n) is 2.29. The van der Waals surface area contributed by atoms with Crippen LogP contribution in [0, 0.1) is 0 Å². The number of alkyl halides is 3. The Morgan fingerprint density at radius 3 is 2.33 bits per heavy atom. The van der Waals surface area contributed by atoms with Crippen LogP contribution < -0.4 is 5.73 Å². The molecular formula is C14H17F3N4. The summed E-state index contributed by atoms with van der Waals surface area (Å²) in [6.07, 6.45) is -2.17. The SMILES string of the molecule is CCc1nn(-c2ccc(C(F)(F)F)cn2)c(CC)c1CN. The molecule has 0 saturated heterocycles. The van der Waals surface area contributed by atoms with E-state index in [1.807, 2.05) is 13.8 Å². The maximum atomic E-state index is 12.6. The van der Waals surface area contributed by atoms with Crippen molar-refractivity contribution in [2.24, 2.45) is 5.73 Å². The summed E-state index contributed by atoms with van der Waals surface area (Å²) in [6, 6.07) is 2.34. The van der Waals surface area contributed by atoms with Crippen molar-refractivity contribution in [1.82, 2.24) is 14.8 Å². The largest absolute Gasteiger partial charge is 0.417 e.